The van der Waals surface area contributed by atoms with Gasteiger partial charge in [0.2, 0.25) is 0 Å². The highest BCUT2D eigenvalue weighted by Gasteiger charge is 2.29. The van der Waals surface area contributed by atoms with Gasteiger partial charge in [-0.25, -0.2) is 4.79 Å². The Labute approximate surface area is 122 Å². The van der Waals surface area contributed by atoms with E-state index in [1.54, 1.807) is 13.0 Å². The van der Waals surface area contributed by atoms with Crippen molar-refractivity contribution >= 4 is 28.2 Å². The Morgan fingerprint density at radius 2 is 2.25 bits per heavy atom. The molecular weight excluding hydrogens is 278 g/mol. The highest BCUT2D eigenvalue weighted by molar-refractivity contribution is 7.16. The molecule has 1 aromatic heterocycles. The number of carbonyl (C=O) groups is 2. The quantitative estimate of drug-likeness (QED) is 0.868. The SMILES string of the molecule is CCOC(=O)c1cc(C)sc1NC(=O)C1CCC(C)O1. The second kappa shape index (κ2) is 6.37. The first-order chi connectivity index (χ1) is 9.51. The van der Waals surface area contributed by atoms with Crippen LogP contribution in [0.4, 0.5) is 5.00 Å². The van der Waals surface area contributed by atoms with Crippen LogP contribution in [-0.2, 0) is 14.3 Å². The molecule has 1 aliphatic rings. The van der Waals surface area contributed by atoms with E-state index in [9.17, 15) is 9.59 Å². The summed E-state index contributed by atoms with van der Waals surface area (Å²) in [6.45, 7) is 5.90. The molecule has 1 aliphatic heterocycles. The van der Waals surface area contributed by atoms with Crippen LogP contribution in [0, 0.1) is 6.92 Å². The fraction of sp³-hybridized carbons (Fsp3) is 0.571. The minimum Gasteiger partial charge on any atom is -0.462 e. The lowest BCUT2D eigenvalue weighted by Crippen LogP contribution is -2.28. The Hall–Kier alpha value is -1.40. The third-order valence-electron chi connectivity index (χ3n) is 3.11. The van der Waals surface area contributed by atoms with Crippen LogP contribution in [0.3, 0.4) is 0 Å². The van der Waals surface area contributed by atoms with Gasteiger partial charge in [0.1, 0.15) is 11.1 Å². The van der Waals surface area contributed by atoms with Crippen LogP contribution in [0.15, 0.2) is 6.07 Å². The van der Waals surface area contributed by atoms with E-state index < -0.39 is 12.1 Å². The smallest absolute Gasteiger partial charge is 0.341 e. The molecule has 110 valence electrons. The third-order valence-corrected chi connectivity index (χ3v) is 4.08. The van der Waals surface area contributed by atoms with E-state index in [2.05, 4.69) is 5.32 Å². The zero-order chi connectivity index (χ0) is 14.7. The molecule has 1 aromatic rings. The van der Waals surface area contributed by atoms with Crippen LogP contribution in [-0.4, -0.2) is 30.7 Å². The molecule has 6 heteroatoms. The first-order valence-electron chi connectivity index (χ1n) is 6.75. The molecule has 5 nitrogen and oxygen atoms in total. The van der Waals surface area contributed by atoms with Gasteiger partial charge in [-0.05, 0) is 39.7 Å². The number of nitrogens with one attached hydrogen (secondary N) is 1. The van der Waals surface area contributed by atoms with Gasteiger partial charge in [-0.1, -0.05) is 0 Å². The van der Waals surface area contributed by atoms with Crippen LogP contribution in [0.25, 0.3) is 0 Å². The lowest BCUT2D eigenvalue weighted by atomic mass is 10.2. The molecule has 0 bridgehead atoms. The minimum atomic E-state index is -0.428. The fourth-order valence-corrected chi connectivity index (χ4v) is 3.06. The number of hydrogen-bond acceptors (Lipinski definition) is 5. The average molecular weight is 297 g/mol. The summed E-state index contributed by atoms with van der Waals surface area (Å²) in [5, 5.41) is 3.32. The van der Waals surface area contributed by atoms with Gasteiger partial charge in [0.15, 0.2) is 0 Å². The van der Waals surface area contributed by atoms with Crippen molar-refractivity contribution < 1.29 is 19.1 Å². The van der Waals surface area contributed by atoms with Crippen molar-refractivity contribution in [2.75, 3.05) is 11.9 Å². The number of thiophene rings is 1. The van der Waals surface area contributed by atoms with Crippen LogP contribution >= 0.6 is 11.3 Å². The van der Waals surface area contributed by atoms with Gasteiger partial charge < -0.3 is 14.8 Å². The first-order valence-corrected chi connectivity index (χ1v) is 7.56. The summed E-state index contributed by atoms with van der Waals surface area (Å²) in [4.78, 5) is 24.9. The maximum atomic E-state index is 12.1. The lowest BCUT2D eigenvalue weighted by Gasteiger charge is -2.11. The maximum absolute atomic E-state index is 12.1. The normalized spacial score (nSPS) is 21.8. The number of amides is 1. The Balaban J connectivity index is 2.09. The summed E-state index contributed by atoms with van der Waals surface area (Å²) in [6.07, 6.45) is 1.28. The Morgan fingerprint density at radius 3 is 2.85 bits per heavy atom. The topological polar surface area (TPSA) is 64.6 Å². The predicted molar refractivity (Wildman–Crippen MR) is 77.2 cm³/mol. The van der Waals surface area contributed by atoms with Crippen LogP contribution in [0.5, 0.6) is 0 Å². The largest absolute Gasteiger partial charge is 0.462 e. The van der Waals surface area contributed by atoms with E-state index in [-0.39, 0.29) is 12.0 Å². The molecule has 2 unspecified atom stereocenters. The van der Waals surface area contributed by atoms with Crippen molar-refractivity contribution in [2.24, 2.45) is 0 Å². The number of hydrogen-bond donors (Lipinski definition) is 1. The summed E-state index contributed by atoms with van der Waals surface area (Å²) in [6, 6.07) is 1.73. The standard InChI is InChI=1S/C14H19NO4S/c1-4-18-14(17)10-7-9(3)20-13(10)15-12(16)11-6-5-8(2)19-11/h7-8,11H,4-6H2,1-3H3,(H,15,16). The van der Waals surface area contributed by atoms with Crippen molar-refractivity contribution in [3.05, 3.63) is 16.5 Å². The number of aryl methyl sites for hydroxylation is 1. The molecule has 0 spiro atoms. The summed E-state index contributed by atoms with van der Waals surface area (Å²) in [5.41, 5.74) is 0.411. The number of carbonyl (C=O) groups excluding carboxylic acids is 2. The van der Waals surface area contributed by atoms with Gasteiger partial charge >= 0.3 is 5.97 Å². The van der Waals surface area contributed by atoms with E-state index >= 15 is 0 Å². The summed E-state index contributed by atoms with van der Waals surface area (Å²) in [5.74, 6) is -0.602. The Morgan fingerprint density at radius 1 is 1.50 bits per heavy atom. The van der Waals surface area contributed by atoms with Crippen molar-refractivity contribution in [3.8, 4) is 0 Å². The molecule has 0 aliphatic carbocycles. The van der Waals surface area contributed by atoms with Crippen molar-refractivity contribution in [2.45, 2.75) is 45.8 Å². The van der Waals surface area contributed by atoms with Crippen molar-refractivity contribution in [1.82, 2.24) is 0 Å². The van der Waals surface area contributed by atoms with E-state index in [4.69, 9.17) is 9.47 Å². The van der Waals surface area contributed by atoms with Gasteiger partial charge in [0.05, 0.1) is 18.3 Å². The number of ether oxygens (including phenoxy) is 2. The minimum absolute atomic E-state index is 0.111. The van der Waals surface area contributed by atoms with Crippen LogP contribution in [0.2, 0.25) is 0 Å². The van der Waals surface area contributed by atoms with Gasteiger partial charge in [-0.2, -0.15) is 0 Å². The Bertz CT molecular complexity index is 511. The van der Waals surface area contributed by atoms with E-state index in [1.165, 1.54) is 11.3 Å². The highest BCUT2D eigenvalue weighted by Crippen LogP contribution is 2.29. The summed E-state index contributed by atoms with van der Waals surface area (Å²) < 4.78 is 10.5. The fourth-order valence-electron chi connectivity index (χ4n) is 2.16. The number of anilines is 1. The van der Waals surface area contributed by atoms with E-state index in [1.807, 2.05) is 13.8 Å². The van der Waals surface area contributed by atoms with Crippen molar-refractivity contribution in [3.63, 3.8) is 0 Å². The third kappa shape index (κ3) is 3.37. The molecule has 1 amide bonds. The first kappa shape index (κ1) is 15.0. The van der Waals surface area contributed by atoms with Crippen molar-refractivity contribution in [1.29, 1.82) is 0 Å². The molecule has 1 saturated heterocycles. The van der Waals surface area contributed by atoms with Crippen LogP contribution in [0.1, 0.15) is 41.9 Å². The maximum Gasteiger partial charge on any atom is 0.341 e. The lowest BCUT2D eigenvalue weighted by molar-refractivity contribution is -0.126. The average Bonchev–Trinajstić information content (AvgIpc) is 2.96. The van der Waals surface area contributed by atoms with E-state index in [0.29, 0.717) is 23.6 Å². The second-order valence-corrected chi connectivity index (χ2v) is 6.08. The van der Waals surface area contributed by atoms with Gasteiger partial charge in [-0.15, -0.1) is 11.3 Å². The number of esters is 1. The van der Waals surface area contributed by atoms with E-state index in [0.717, 1.165) is 11.3 Å². The van der Waals surface area contributed by atoms with Gasteiger partial charge in [0, 0.05) is 4.88 Å². The number of rotatable bonds is 4. The zero-order valence-corrected chi connectivity index (χ0v) is 12.7. The summed E-state index contributed by atoms with van der Waals surface area (Å²) >= 11 is 1.37. The molecule has 0 saturated carbocycles. The molecule has 1 N–H and O–H groups in total. The summed E-state index contributed by atoms with van der Waals surface area (Å²) in [7, 11) is 0. The molecule has 2 rings (SSSR count). The highest BCUT2D eigenvalue weighted by atomic mass is 32.1. The molecular formula is C14H19NO4S. The molecule has 2 atom stereocenters. The zero-order valence-electron chi connectivity index (χ0n) is 11.9. The molecule has 2 heterocycles. The van der Waals surface area contributed by atoms with Gasteiger partial charge in [0.25, 0.3) is 5.91 Å². The molecule has 0 radical (unpaired) electrons. The van der Waals surface area contributed by atoms with Crippen LogP contribution < -0.4 is 5.32 Å². The van der Waals surface area contributed by atoms with Gasteiger partial charge in [-0.3, -0.25) is 4.79 Å². The molecule has 1 fully saturated rings. The Kier molecular flexibility index (Phi) is 4.77. The molecule has 20 heavy (non-hydrogen) atoms. The predicted octanol–water partition coefficient (Wildman–Crippen LogP) is 2.74. The monoisotopic (exact) mass is 297 g/mol. The second-order valence-electron chi connectivity index (χ2n) is 4.82. The molecule has 0 aromatic carbocycles.